The summed E-state index contributed by atoms with van der Waals surface area (Å²) in [6, 6.07) is 21.9. The zero-order chi connectivity index (χ0) is 16.4. The molecule has 1 aromatic heterocycles. The number of hydrogen-bond acceptors (Lipinski definition) is 3. The minimum Gasteiger partial charge on any atom is -0.322 e. The SMILES string of the molecule is O=C(/C=C/c1nc2ccccc2s1)Nc1ccc2ccccc2c1. The van der Waals surface area contributed by atoms with Gasteiger partial charge in [-0.1, -0.05) is 42.5 Å². The molecule has 1 N–H and O–H groups in total. The minimum atomic E-state index is -0.162. The number of fused-ring (bicyclic) bond motifs is 2. The Morgan fingerprint density at radius 2 is 1.75 bits per heavy atom. The molecule has 3 aromatic carbocycles. The lowest BCUT2D eigenvalue weighted by molar-refractivity contribution is -0.111. The van der Waals surface area contributed by atoms with E-state index in [4.69, 9.17) is 0 Å². The molecule has 3 nitrogen and oxygen atoms in total. The summed E-state index contributed by atoms with van der Waals surface area (Å²) in [6.07, 6.45) is 3.27. The third-order valence-corrected chi connectivity index (χ3v) is 4.71. The molecule has 1 heterocycles. The third kappa shape index (κ3) is 3.05. The lowest BCUT2D eigenvalue weighted by atomic mass is 10.1. The second-order valence-corrected chi connectivity index (χ2v) is 6.47. The predicted molar refractivity (Wildman–Crippen MR) is 101 cm³/mol. The summed E-state index contributed by atoms with van der Waals surface area (Å²) in [5.74, 6) is -0.162. The first-order valence-corrected chi connectivity index (χ1v) is 8.43. The van der Waals surface area contributed by atoms with Gasteiger partial charge >= 0.3 is 0 Å². The molecule has 4 heteroatoms. The number of hydrogen-bond donors (Lipinski definition) is 1. The Kier molecular flexibility index (Phi) is 3.81. The highest BCUT2D eigenvalue weighted by Crippen LogP contribution is 2.22. The highest BCUT2D eigenvalue weighted by Gasteiger charge is 2.02. The topological polar surface area (TPSA) is 42.0 Å². The van der Waals surface area contributed by atoms with E-state index in [1.54, 1.807) is 17.4 Å². The van der Waals surface area contributed by atoms with Crippen molar-refractivity contribution < 1.29 is 4.79 Å². The fourth-order valence-corrected chi connectivity index (χ4v) is 3.43. The van der Waals surface area contributed by atoms with E-state index in [9.17, 15) is 4.79 Å². The molecule has 4 aromatic rings. The van der Waals surface area contributed by atoms with Crippen LogP contribution in [0.1, 0.15) is 5.01 Å². The molecule has 0 aliphatic heterocycles. The number of nitrogens with one attached hydrogen (secondary N) is 1. The van der Waals surface area contributed by atoms with Crippen LogP contribution in [0.3, 0.4) is 0 Å². The van der Waals surface area contributed by atoms with Crippen LogP contribution < -0.4 is 5.32 Å². The van der Waals surface area contributed by atoms with Gasteiger partial charge in [-0.2, -0.15) is 0 Å². The van der Waals surface area contributed by atoms with Crippen molar-refractivity contribution in [3.05, 3.63) is 77.8 Å². The number of rotatable bonds is 3. The minimum absolute atomic E-state index is 0.162. The molecule has 0 saturated heterocycles. The van der Waals surface area contributed by atoms with Gasteiger partial charge in [0.05, 0.1) is 10.2 Å². The van der Waals surface area contributed by atoms with Crippen molar-refractivity contribution in [3.8, 4) is 0 Å². The van der Waals surface area contributed by atoms with Gasteiger partial charge in [-0.25, -0.2) is 4.98 Å². The summed E-state index contributed by atoms with van der Waals surface area (Å²) < 4.78 is 1.12. The second kappa shape index (κ2) is 6.26. The molecule has 1 amide bonds. The van der Waals surface area contributed by atoms with Crippen LogP contribution in [0.25, 0.3) is 27.1 Å². The summed E-state index contributed by atoms with van der Waals surface area (Å²) in [6.45, 7) is 0. The Balaban J connectivity index is 1.50. The van der Waals surface area contributed by atoms with Crippen molar-refractivity contribution in [1.29, 1.82) is 0 Å². The van der Waals surface area contributed by atoms with Crippen LogP contribution in [-0.4, -0.2) is 10.9 Å². The molecule has 0 radical (unpaired) electrons. The monoisotopic (exact) mass is 330 g/mol. The molecule has 0 unspecified atom stereocenters. The Hall–Kier alpha value is -2.98. The van der Waals surface area contributed by atoms with Crippen molar-refractivity contribution in [2.75, 3.05) is 5.32 Å². The van der Waals surface area contributed by atoms with Gasteiger partial charge in [0.1, 0.15) is 5.01 Å². The highest BCUT2D eigenvalue weighted by atomic mass is 32.1. The van der Waals surface area contributed by atoms with E-state index in [1.807, 2.05) is 66.7 Å². The fourth-order valence-electron chi connectivity index (χ4n) is 2.56. The van der Waals surface area contributed by atoms with Crippen LogP contribution in [0.4, 0.5) is 5.69 Å². The number of para-hydroxylation sites is 1. The van der Waals surface area contributed by atoms with Crippen LogP contribution in [0.2, 0.25) is 0 Å². The summed E-state index contributed by atoms with van der Waals surface area (Å²) in [4.78, 5) is 16.6. The number of carbonyl (C=O) groups is 1. The molecular formula is C20H14N2OS. The van der Waals surface area contributed by atoms with E-state index in [0.29, 0.717) is 0 Å². The van der Waals surface area contributed by atoms with Gasteiger partial charge in [0.25, 0.3) is 0 Å². The average Bonchev–Trinajstić information content (AvgIpc) is 3.03. The summed E-state index contributed by atoms with van der Waals surface area (Å²) in [5, 5.41) is 5.97. The van der Waals surface area contributed by atoms with Crippen LogP contribution in [-0.2, 0) is 4.79 Å². The number of thiazole rings is 1. The first-order valence-electron chi connectivity index (χ1n) is 7.61. The predicted octanol–water partition coefficient (Wildman–Crippen LogP) is 5.10. The van der Waals surface area contributed by atoms with Gasteiger partial charge in [0, 0.05) is 11.8 Å². The molecule has 0 spiro atoms. The zero-order valence-corrected chi connectivity index (χ0v) is 13.6. The quantitative estimate of drug-likeness (QED) is 0.531. The molecular weight excluding hydrogens is 316 g/mol. The Morgan fingerprint density at radius 1 is 0.958 bits per heavy atom. The van der Waals surface area contributed by atoms with E-state index < -0.39 is 0 Å². The van der Waals surface area contributed by atoms with Gasteiger partial charge in [0.2, 0.25) is 5.91 Å². The molecule has 4 rings (SSSR count). The summed E-state index contributed by atoms with van der Waals surface area (Å²) in [7, 11) is 0. The van der Waals surface area contributed by atoms with E-state index in [2.05, 4.69) is 10.3 Å². The largest absolute Gasteiger partial charge is 0.322 e. The Morgan fingerprint density at radius 3 is 2.62 bits per heavy atom. The van der Waals surface area contributed by atoms with Crippen molar-refractivity contribution in [2.45, 2.75) is 0 Å². The van der Waals surface area contributed by atoms with Crippen molar-refractivity contribution in [1.82, 2.24) is 4.98 Å². The summed E-state index contributed by atoms with van der Waals surface area (Å²) >= 11 is 1.57. The first-order chi connectivity index (χ1) is 11.8. The molecule has 24 heavy (non-hydrogen) atoms. The van der Waals surface area contributed by atoms with Gasteiger partial charge in [0.15, 0.2) is 0 Å². The van der Waals surface area contributed by atoms with E-state index in [-0.39, 0.29) is 5.91 Å². The number of anilines is 1. The van der Waals surface area contributed by atoms with Gasteiger partial charge in [-0.05, 0) is 41.1 Å². The Bertz CT molecular complexity index is 1030. The maximum absolute atomic E-state index is 12.1. The maximum Gasteiger partial charge on any atom is 0.248 e. The number of amides is 1. The van der Waals surface area contributed by atoms with Gasteiger partial charge < -0.3 is 5.32 Å². The number of benzene rings is 3. The van der Waals surface area contributed by atoms with Gasteiger partial charge in [-0.15, -0.1) is 11.3 Å². The fraction of sp³-hybridized carbons (Fsp3) is 0. The summed E-state index contributed by atoms with van der Waals surface area (Å²) in [5.41, 5.74) is 1.74. The highest BCUT2D eigenvalue weighted by molar-refractivity contribution is 7.19. The second-order valence-electron chi connectivity index (χ2n) is 5.40. The standard InChI is InChI=1S/C20H14N2OS/c23-19(11-12-20-22-17-7-3-4-8-18(17)24-20)21-16-10-9-14-5-1-2-6-15(14)13-16/h1-13H,(H,21,23)/b12-11+. The molecule has 0 aliphatic rings. The molecule has 0 saturated carbocycles. The maximum atomic E-state index is 12.1. The van der Waals surface area contributed by atoms with E-state index >= 15 is 0 Å². The van der Waals surface area contributed by atoms with Crippen molar-refractivity contribution in [2.24, 2.45) is 0 Å². The zero-order valence-electron chi connectivity index (χ0n) is 12.8. The molecule has 0 fully saturated rings. The molecule has 0 atom stereocenters. The number of nitrogens with zero attached hydrogens (tertiary/aromatic N) is 1. The lowest BCUT2D eigenvalue weighted by Crippen LogP contribution is -2.07. The first kappa shape index (κ1) is 14.6. The normalized spacial score (nSPS) is 11.3. The van der Waals surface area contributed by atoms with Crippen LogP contribution in [0, 0.1) is 0 Å². The third-order valence-electron chi connectivity index (χ3n) is 3.70. The molecule has 0 aliphatic carbocycles. The number of aromatic nitrogens is 1. The average molecular weight is 330 g/mol. The van der Waals surface area contributed by atoms with Gasteiger partial charge in [-0.3, -0.25) is 4.79 Å². The van der Waals surface area contributed by atoms with E-state index in [1.165, 1.54) is 6.08 Å². The van der Waals surface area contributed by atoms with E-state index in [0.717, 1.165) is 31.7 Å². The molecule has 0 bridgehead atoms. The van der Waals surface area contributed by atoms with Crippen molar-refractivity contribution in [3.63, 3.8) is 0 Å². The smallest absolute Gasteiger partial charge is 0.248 e. The van der Waals surface area contributed by atoms with Crippen LogP contribution in [0.15, 0.2) is 72.8 Å². The van der Waals surface area contributed by atoms with Crippen molar-refractivity contribution >= 4 is 50.0 Å². The lowest BCUT2D eigenvalue weighted by Gasteiger charge is -2.04. The Labute approximate surface area is 143 Å². The molecule has 116 valence electrons. The number of carbonyl (C=O) groups excluding carboxylic acids is 1. The van der Waals surface area contributed by atoms with Crippen LogP contribution >= 0.6 is 11.3 Å². The van der Waals surface area contributed by atoms with Crippen LogP contribution in [0.5, 0.6) is 0 Å².